The van der Waals surface area contributed by atoms with Crippen molar-refractivity contribution in [1.29, 1.82) is 10.7 Å². The summed E-state index contributed by atoms with van der Waals surface area (Å²) >= 11 is 0. The minimum absolute atomic E-state index is 0.0874. The molecule has 0 radical (unpaired) electrons. The molecule has 0 saturated carbocycles. The number of tetrazole rings is 1. The molecule has 1 aromatic carbocycles. The van der Waals surface area contributed by atoms with Crippen LogP contribution in [-0.2, 0) is 4.74 Å². The van der Waals surface area contributed by atoms with Crippen LogP contribution < -0.4 is 10.8 Å². The molecule has 116 valence electrons. The van der Waals surface area contributed by atoms with Crippen LogP contribution in [0.2, 0.25) is 0 Å². The van der Waals surface area contributed by atoms with E-state index in [0.717, 1.165) is 0 Å². The van der Waals surface area contributed by atoms with Gasteiger partial charge in [0, 0.05) is 22.9 Å². The lowest BCUT2D eigenvalue weighted by Crippen LogP contribution is -2.32. The molecule has 0 fully saturated rings. The Kier molecular flexibility index (Phi) is 5.03. The van der Waals surface area contributed by atoms with Gasteiger partial charge in [0.15, 0.2) is 0 Å². The van der Waals surface area contributed by atoms with Gasteiger partial charge in [-0.2, -0.15) is 10.5 Å². The molecule has 0 atom stereocenters. The molecule has 1 heterocycles. The van der Waals surface area contributed by atoms with Gasteiger partial charge in [0.1, 0.15) is 11.6 Å². The van der Waals surface area contributed by atoms with Gasteiger partial charge in [-0.15, -0.1) is 10.2 Å². The predicted molar refractivity (Wildman–Crippen MR) is 81.5 cm³/mol. The molecule has 2 rings (SSSR count). The van der Waals surface area contributed by atoms with Gasteiger partial charge in [-0.05, 0) is 17.3 Å². The van der Waals surface area contributed by atoms with Crippen LogP contribution in [0.15, 0.2) is 24.4 Å². The molecule has 2 aromatic rings. The van der Waals surface area contributed by atoms with Crippen LogP contribution in [0.5, 0.6) is 0 Å². The van der Waals surface area contributed by atoms with Crippen molar-refractivity contribution in [2.24, 2.45) is 0 Å². The first-order valence-corrected chi connectivity index (χ1v) is 6.30. The largest absolute Gasteiger partial charge is 0.490 e. The Bertz CT molecular complexity index is 767. The molecule has 10 nitrogen and oxygen atoms in total. The summed E-state index contributed by atoms with van der Waals surface area (Å²) in [5.74, 6) is 0.00145. The Morgan fingerprint density at radius 3 is 2.87 bits per heavy atom. The van der Waals surface area contributed by atoms with E-state index in [0.29, 0.717) is 5.56 Å². The molecule has 0 unspecified atom stereocenters. The number of nitriles is 1. The molecule has 1 aromatic heterocycles. The molecule has 5 N–H and O–H groups in total. The van der Waals surface area contributed by atoms with Crippen LogP contribution in [0.1, 0.15) is 11.4 Å². The highest BCUT2D eigenvalue weighted by Crippen LogP contribution is 2.13. The van der Waals surface area contributed by atoms with Crippen molar-refractivity contribution in [1.82, 2.24) is 20.6 Å². The van der Waals surface area contributed by atoms with Gasteiger partial charge in [-0.3, -0.25) is 5.41 Å². The lowest BCUT2D eigenvalue weighted by atomic mass is 9.78. The average Bonchev–Trinajstić information content (AvgIpc) is 3.08. The molecule has 0 spiro atoms. The zero-order valence-corrected chi connectivity index (χ0v) is 12.0. The molecule has 11 heteroatoms. The number of hydrogen-bond donors (Lipinski definition) is 5. The molecular formula is C12H12BN7O3. The molecule has 23 heavy (non-hydrogen) atoms. The number of aromatic amines is 1. The number of methoxy groups -OCH3 is 1. The monoisotopic (exact) mass is 313 g/mol. The van der Waals surface area contributed by atoms with Crippen LogP contribution >= 0.6 is 0 Å². The quantitative estimate of drug-likeness (QED) is 0.199. The second kappa shape index (κ2) is 7.16. The zero-order chi connectivity index (χ0) is 16.8. The molecule has 0 aliphatic rings. The second-order valence-electron chi connectivity index (χ2n) is 4.26. The third-order valence-electron chi connectivity index (χ3n) is 2.88. The number of ether oxygens (including phenoxy) is 1. The van der Waals surface area contributed by atoms with E-state index >= 15 is 0 Å². The first-order valence-electron chi connectivity index (χ1n) is 6.30. The lowest BCUT2D eigenvalue weighted by Gasteiger charge is -2.11. The number of anilines is 1. The summed E-state index contributed by atoms with van der Waals surface area (Å²) in [6, 6.07) is 6.33. The minimum atomic E-state index is -1.73. The van der Waals surface area contributed by atoms with Gasteiger partial charge in [-0.25, -0.2) is 0 Å². The highest BCUT2D eigenvalue weighted by Gasteiger charge is 2.17. The zero-order valence-electron chi connectivity index (χ0n) is 12.0. The number of benzene rings is 1. The lowest BCUT2D eigenvalue weighted by molar-refractivity contribution is 0.401. The topological polar surface area (TPSA) is 164 Å². The summed E-state index contributed by atoms with van der Waals surface area (Å²) in [5.41, 5.74) is 0.963. The van der Waals surface area contributed by atoms with Crippen molar-refractivity contribution in [3.8, 4) is 6.07 Å². The highest BCUT2D eigenvalue weighted by atomic mass is 16.5. The van der Waals surface area contributed by atoms with E-state index in [2.05, 4.69) is 25.9 Å². The number of allylic oxidation sites excluding steroid dienone is 1. The van der Waals surface area contributed by atoms with Crippen molar-refractivity contribution in [3.63, 3.8) is 0 Å². The average molecular weight is 313 g/mol. The SMILES string of the molecule is COC(=N)c1ccc(B(O)O)c(NC=C(C#N)c2nn[nH]n2)c1. The summed E-state index contributed by atoms with van der Waals surface area (Å²) in [6.45, 7) is 0. The fourth-order valence-corrected chi connectivity index (χ4v) is 1.74. The Morgan fingerprint density at radius 2 is 2.30 bits per heavy atom. The fourth-order valence-electron chi connectivity index (χ4n) is 1.74. The van der Waals surface area contributed by atoms with Crippen LogP contribution in [0.25, 0.3) is 5.57 Å². The second-order valence-corrected chi connectivity index (χ2v) is 4.26. The van der Waals surface area contributed by atoms with Crippen molar-refractivity contribution in [3.05, 3.63) is 35.8 Å². The van der Waals surface area contributed by atoms with Crippen molar-refractivity contribution in [2.75, 3.05) is 12.4 Å². The number of rotatable bonds is 5. The van der Waals surface area contributed by atoms with E-state index in [9.17, 15) is 10.0 Å². The van der Waals surface area contributed by atoms with Crippen LogP contribution in [0, 0.1) is 16.7 Å². The molecular weight excluding hydrogens is 301 g/mol. The summed E-state index contributed by atoms with van der Waals surface area (Å²) in [7, 11) is -0.374. The number of hydrogen-bond acceptors (Lipinski definition) is 9. The van der Waals surface area contributed by atoms with E-state index < -0.39 is 7.12 Å². The van der Waals surface area contributed by atoms with Crippen molar-refractivity contribution >= 4 is 29.7 Å². The van der Waals surface area contributed by atoms with Gasteiger partial charge < -0.3 is 20.1 Å². The highest BCUT2D eigenvalue weighted by molar-refractivity contribution is 6.60. The van der Waals surface area contributed by atoms with E-state index in [1.165, 1.54) is 31.5 Å². The normalized spacial score (nSPS) is 10.8. The number of aromatic nitrogens is 4. The van der Waals surface area contributed by atoms with Gasteiger partial charge in [-0.1, -0.05) is 6.07 Å². The van der Waals surface area contributed by atoms with Crippen LogP contribution in [0.3, 0.4) is 0 Å². The summed E-state index contributed by atoms with van der Waals surface area (Å²) in [5, 5.41) is 51.3. The number of nitrogens with one attached hydrogen (secondary N) is 3. The maximum atomic E-state index is 9.40. The van der Waals surface area contributed by atoms with E-state index in [1.807, 2.05) is 6.07 Å². The molecule has 0 aliphatic carbocycles. The Labute approximate surface area is 131 Å². The standard InChI is InChI=1S/C12H12BN7O3/c1-23-11(15)7-2-3-9(13(21)22)10(4-7)16-6-8(5-14)12-17-19-20-18-12/h2-4,6,15-16,21-22H,1H3,(H,17,18,19,20). The Morgan fingerprint density at radius 1 is 1.52 bits per heavy atom. The molecule has 0 bridgehead atoms. The maximum Gasteiger partial charge on any atom is 0.490 e. The fraction of sp³-hybridized carbons (Fsp3) is 0.0833. The first-order chi connectivity index (χ1) is 11.1. The van der Waals surface area contributed by atoms with Crippen molar-refractivity contribution < 1.29 is 14.8 Å². The predicted octanol–water partition coefficient (Wildman–Crippen LogP) is -1.17. The Balaban J connectivity index is 2.37. The van der Waals surface area contributed by atoms with E-state index in [4.69, 9.17) is 15.4 Å². The van der Waals surface area contributed by atoms with E-state index in [1.54, 1.807) is 0 Å². The Hall–Kier alpha value is -3.23. The number of nitrogens with zero attached hydrogens (tertiary/aromatic N) is 4. The number of H-pyrrole nitrogens is 1. The molecule has 0 aliphatic heterocycles. The van der Waals surface area contributed by atoms with Gasteiger partial charge >= 0.3 is 7.12 Å². The molecule has 0 amide bonds. The summed E-state index contributed by atoms with van der Waals surface area (Å²) < 4.78 is 4.83. The summed E-state index contributed by atoms with van der Waals surface area (Å²) in [4.78, 5) is 0. The van der Waals surface area contributed by atoms with Gasteiger partial charge in [0.2, 0.25) is 11.7 Å². The van der Waals surface area contributed by atoms with Crippen LogP contribution in [-0.4, -0.2) is 50.8 Å². The van der Waals surface area contributed by atoms with Gasteiger partial charge in [0.25, 0.3) is 0 Å². The minimum Gasteiger partial charge on any atom is -0.481 e. The first kappa shape index (κ1) is 16.2. The third kappa shape index (κ3) is 3.70. The molecule has 0 saturated heterocycles. The van der Waals surface area contributed by atoms with Gasteiger partial charge in [0.05, 0.1) is 7.11 Å². The third-order valence-corrected chi connectivity index (χ3v) is 2.88. The summed E-state index contributed by atoms with van der Waals surface area (Å²) in [6.07, 6.45) is 1.30. The van der Waals surface area contributed by atoms with Crippen LogP contribution in [0.4, 0.5) is 5.69 Å². The maximum absolute atomic E-state index is 9.40. The van der Waals surface area contributed by atoms with E-state index in [-0.39, 0.29) is 28.4 Å². The van der Waals surface area contributed by atoms with Crippen molar-refractivity contribution in [2.45, 2.75) is 0 Å². The smallest absolute Gasteiger partial charge is 0.481 e.